The fraction of sp³-hybridized carbons (Fsp3) is 0.409. The molecule has 0 unspecified atom stereocenters. The summed E-state index contributed by atoms with van der Waals surface area (Å²) in [5.41, 5.74) is 0.880. The summed E-state index contributed by atoms with van der Waals surface area (Å²) in [5.74, 6) is 0.507. The predicted molar refractivity (Wildman–Crippen MR) is 118 cm³/mol. The molecule has 3 rings (SSSR count). The van der Waals surface area contributed by atoms with E-state index >= 15 is 0 Å². The molecule has 1 heterocycles. The van der Waals surface area contributed by atoms with Crippen molar-refractivity contribution in [3.63, 3.8) is 0 Å². The Bertz CT molecular complexity index is 989. The van der Waals surface area contributed by atoms with Crippen LogP contribution in [0, 0.1) is 0 Å². The molecule has 1 N–H and O–H groups in total. The molecule has 0 saturated carbocycles. The molecule has 0 radical (unpaired) electrons. The Hall–Kier alpha value is -2.62. The van der Waals surface area contributed by atoms with Crippen molar-refractivity contribution in [2.75, 3.05) is 47.4 Å². The van der Waals surface area contributed by atoms with Gasteiger partial charge in [0, 0.05) is 32.2 Å². The van der Waals surface area contributed by atoms with E-state index in [4.69, 9.17) is 9.47 Å². The van der Waals surface area contributed by atoms with Crippen molar-refractivity contribution in [2.45, 2.75) is 17.4 Å². The van der Waals surface area contributed by atoms with E-state index in [0.717, 1.165) is 18.7 Å². The monoisotopic (exact) mass is 447 g/mol. The largest absolute Gasteiger partial charge is 0.493 e. The third-order valence-corrected chi connectivity index (χ3v) is 6.83. The highest BCUT2D eigenvalue weighted by Gasteiger charge is 2.31. The summed E-state index contributed by atoms with van der Waals surface area (Å²) in [4.78, 5) is 17.2. The topological polar surface area (TPSA) is 88.2 Å². The van der Waals surface area contributed by atoms with Crippen LogP contribution < -0.4 is 14.2 Å². The highest BCUT2D eigenvalue weighted by molar-refractivity contribution is 7.89. The molecule has 9 heteroatoms. The lowest BCUT2D eigenvalue weighted by Crippen LogP contribution is -2.54. The maximum absolute atomic E-state index is 13.3. The van der Waals surface area contributed by atoms with Gasteiger partial charge in [-0.25, -0.2) is 8.42 Å². The lowest BCUT2D eigenvalue weighted by atomic mass is 10.1. The first-order valence-corrected chi connectivity index (χ1v) is 11.6. The van der Waals surface area contributed by atoms with Crippen molar-refractivity contribution in [3.8, 4) is 11.5 Å². The molecule has 1 saturated heterocycles. The molecular formula is C22H29N3O5S. The molecule has 8 nitrogen and oxygen atoms in total. The van der Waals surface area contributed by atoms with Crippen LogP contribution in [0.5, 0.6) is 11.5 Å². The van der Waals surface area contributed by atoms with Crippen LogP contribution in [0.3, 0.4) is 0 Å². The molecule has 1 fully saturated rings. The molecular weight excluding hydrogens is 418 g/mol. The smallest absolute Gasteiger partial charge is 0.241 e. The summed E-state index contributed by atoms with van der Waals surface area (Å²) in [6, 6.07) is 12.8. The minimum atomic E-state index is -3.98. The van der Waals surface area contributed by atoms with E-state index in [1.165, 1.54) is 32.4 Å². The van der Waals surface area contributed by atoms with Crippen molar-refractivity contribution in [1.29, 1.82) is 0 Å². The lowest BCUT2D eigenvalue weighted by Gasteiger charge is -2.34. The number of ether oxygens (including phenoxy) is 2. The average Bonchev–Trinajstić information content (AvgIpc) is 2.78. The van der Waals surface area contributed by atoms with E-state index in [0.29, 0.717) is 24.6 Å². The molecule has 0 aliphatic carbocycles. The Kier molecular flexibility index (Phi) is 7.53. The second kappa shape index (κ2) is 10.1. The molecule has 1 aliphatic heterocycles. The number of rotatable bonds is 8. The SMILES string of the molecule is COc1ccc(S(=O)(=O)N[C@H](Cc2ccccc2)C(=O)N2CCN(C)CC2)cc1OC. The Labute approximate surface area is 183 Å². The number of carbonyl (C=O) groups is 1. The van der Waals surface area contributed by atoms with Gasteiger partial charge in [-0.1, -0.05) is 30.3 Å². The number of piperazine rings is 1. The van der Waals surface area contributed by atoms with E-state index in [1.54, 1.807) is 4.90 Å². The van der Waals surface area contributed by atoms with E-state index < -0.39 is 16.1 Å². The number of hydrogen-bond acceptors (Lipinski definition) is 6. The third kappa shape index (κ3) is 5.75. The summed E-state index contributed by atoms with van der Waals surface area (Å²) in [6.45, 7) is 2.65. The van der Waals surface area contributed by atoms with Crippen molar-refractivity contribution in [3.05, 3.63) is 54.1 Å². The minimum Gasteiger partial charge on any atom is -0.493 e. The Morgan fingerprint density at radius 2 is 1.65 bits per heavy atom. The molecule has 2 aromatic rings. The molecule has 0 bridgehead atoms. The summed E-state index contributed by atoms with van der Waals surface area (Å²) >= 11 is 0. The molecule has 1 aliphatic rings. The normalized spacial score (nSPS) is 16.0. The summed E-state index contributed by atoms with van der Waals surface area (Å²) in [6.07, 6.45) is 0.262. The van der Waals surface area contributed by atoms with Gasteiger partial charge in [0.05, 0.1) is 19.1 Å². The van der Waals surface area contributed by atoms with Crippen LogP contribution in [0.25, 0.3) is 0 Å². The number of hydrogen-bond donors (Lipinski definition) is 1. The van der Waals surface area contributed by atoms with Crippen molar-refractivity contribution < 1.29 is 22.7 Å². The van der Waals surface area contributed by atoms with E-state index in [9.17, 15) is 13.2 Å². The molecule has 168 valence electrons. The maximum Gasteiger partial charge on any atom is 0.241 e. The number of sulfonamides is 1. The zero-order valence-electron chi connectivity index (χ0n) is 18.1. The number of likely N-dealkylation sites (N-methyl/N-ethyl adjacent to an activating group) is 1. The first kappa shape index (κ1) is 23.1. The van der Waals surface area contributed by atoms with Crippen molar-refractivity contribution in [2.24, 2.45) is 0 Å². The number of carbonyl (C=O) groups excluding carboxylic acids is 1. The molecule has 0 spiro atoms. The number of methoxy groups -OCH3 is 2. The predicted octanol–water partition coefficient (Wildman–Crippen LogP) is 1.37. The number of nitrogens with zero attached hydrogens (tertiary/aromatic N) is 2. The first-order valence-electron chi connectivity index (χ1n) is 10.1. The number of nitrogens with one attached hydrogen (secondary N) is 1. The van der Waals surface area contributed by atoms with Crippen molar-refractivity contribution in [1.82, 2.24) is 14.5 Å². The minimum absolute atomic E-state index is 0.00869. The fourth-order valence-corrected chi connectivity index (χ4v) is 4.72. The van der Waals surface area contributed by atoms with E-state index in [2.05, 4.69) is 9.62 Å². The van der Waals surface area contributed by atoms with Gasteiger partial charge in [0.1, 0.15) is 6.04 Å². The van der Waals surface area contributed by atoms with Gasteiger partial charge in [0.2, 0.25) is 15.9 Å². The van der Waals surface area contributed by atoms with Crippen LogP contribution in [0.4, 0.5) is 0 Å². The molecule has 2 aromatic carbocycles. The third-order valence-electron chi connectivity index (χ3n) is 5.36. The van der Waals surface area contributed by atoms with E-state index in [-0.39, 0.29) is 17.2 Å². The highest BCUT2D eigenvalue weighted by atomic mass is 32.2. The van der Waals surface area contributed by atoms with Crippen molar-refractivity contribution >= 4 is 15.9 Å². The van der Waals surface area contributed by atoms with Crippen LogP contribution >= 0.6 is 0 Å². The Balaban J connectivity index is 1.87. The van der Waals surface area contributed by atoms with E-state index in [1.807, 2.05) is 37.4 Å². The zero-order valence-corrected chi connectivity index (χ0v) is 18.9. The number of amides is 1. The second-order valence-corrected chi connectivity index (χ2v) is 9.22. The van der Waals surface area contributed by atoms with Gasteiger partial charge in [0.15, 0.2) is 11.5 Å². The summed E-state index contributed by atoms with van der Waals surface area (Å²) in [5, 5.41) is 0. The molecule has 1 amide bonds. The van der Waals surface area contributed by atoms with Gasteiger partial charge < -0.3 is 19.3 Å². The highest BCUT2D eigenvalue weighted by Crippen LogP contribution is 2.29. The zero-order chi connectivity index (χ0) is 22.4. The van der Waals surface area contributed by atoms with Crippen LogP contribution in [0.1, 0.15) is 5.56 Å². The van der Waals surface area contributed by atoms with Gasteiger partial charge in [-0.3, -0.25) is 4.79 Å². The van der Waals surface area contributed by atoms with Gasteiger partial charge in [-0.15, -0.1) is 0 Å². The van der Waals surface area contributed by atoms with Gasteiger partial charge in [0.25, 0.3) is 0 Å². The molecule has 0 aromatic heterocycles. The fourth-order valence-electron chi connectivity index (χ4n) is 3.52. The van der Waals surface area contributed by atoms with Gasteiger partial charge in [-0.2, -0.15) is 4.72 Å². The quantitative estimate of drug-likeness (QED) is 0.658. The van der Waals surface area contributed by atoms with Gasteiger partial charge in [-0.05, 0) is 31.2 Å². The summed E-state index contributed by atoms with van der Waals surface area (Å²) in [7, 11) is 0.950. The summed E-state index contributed by atoms with van der Waals surface area (Å²) < 4.78 is 39.3. The van der Waals surface area contributed by atoms with Crippen LogP contribution in [0.15, 0.2) is 53.4 Å². The van der Waals surface area contributed by atoms with Gasteiger partial charge >= 0.3 is 0 Å². The lowest BCUT2D eigenvalue weighted by molar-refractivity contribution is -0.134. The van der Waals surface area contributed by atoms with Crippen LogP contribution in [-0.4, -0.2) is 77.6 Å². The molecule has 1 atom stereocenters. The Morgan fingerprint density at radius 1 is 1.00 bits per heavy atom. The van der Waals surface area contributed by atoms with Crippen LogP contribution in [-0.2, 0) is 21.2 Å². The molecule has 31 heavy (non-hydrogen) atoms. The average molecular weight is 448 g/mol. The van der Waals surface area contributed by atoms with Crippen LogP contribution in [0.2, 0.25) is 0 Å². The maximum atomic E-state index is 13.3. The first-order chi connectivity index (χ1) is 14.8. The standard InChI is InChI=1S/C22H29N3O5S/c1-24-11-13-25(14-12-24)22(26)19(15-17-7-5-4-6-8-17)23-31(27,28)18-9-10-20(29-2)21(16-18)30-3/h4-10,16,19,23H,11-15H2,1-3H3/t19-/m1/s1. The Morgan fingerprint density at radius 3 is 2.26 bits per heavy atom. The second-order valence-electron chi connectivity index (χ2n) is 7.51. The number of benzene rings is 2.